The molecular weight excluding hydrogens is 436 g/mol. The van der Waals surface area contributed by atoms with Crippen molar-refractivity contribution in [1.29, 1.82) is 0 Å². The van der Waals surface area contributed by atoms with E-state index in [0.717, 1.165) is 16.5 Å². The molecule has 0 unspecified atom stereocenters. The average Bonchev–Trinajstić information content (AvgIpc) is 3.32. The van der Waals surface area contributed by atoms with Crippen LogP contribution in [0, 0.1) is 0 Å². The highest BCUT2D eigenvalue weighted by molar-refractivity contribution is 5.92. The summed E-state index contributed by atoms with van der Waals surface area (Å²) in [5.74, 6) is 3.66. The van der Waals surface area contributed by atoms with E-state index >= 15 is 0 Å². The predicted molar refractivity (Wildman–Crippen MR) is 126 cm³/mol. The van der Waals surface area contributed by atoms with E-state index in [2.05, 4.69) is 10.3 Å². The van der Waals surface area contributed by atoms with E-state index in [4.69, 9.17) is 23.7 Å². The maximum absolute atomic E-state index is 12.5. The van der Waals surface area contributed by atoms with Crippen LogP contribution in [0.15, 0.2) is 66.9 Å². The van der Waals surface area contributed by atoms with E-state index in [-0.39, 0.29) is 19.1 Å². The molecule has 8 heteroatoms. The monoisotopic (exact) mass is 458 g/mol. The third-order valence-corrected chi connectivity index (χ3v) is 5.37. The highest BCUT2D eigenvalue weighted by Crippen LogP contribution is 2.37. The highest BCUT2D eigenvalue weighted by atomic mass is 16.7. The average molecular weight is 458 g/mol. The minimum absolute atomic E-state index is 0.131. The standard InChI is InChI=1S/C26H22N2O6/c1-30-23-13-19-20(14-24(23)31-2)27-10-9-21(19)34-18-6-4-17(5-7-18)28-26(29)12-16-3-8-22-25(11-16)33-15-32-22/h3-11,13-14H,12,15H2,1-2H3,(H,28,29). The van der Waals surface area contributed by atoms with Crippen LogP contribution in [0.3, 0.4) is 0 Å². The molecular formula is C26H22N2O6. The number of benzene rings is 3. The number of hydrogen-bond acceptors (Lipinski definition) is 7. The Morgan fingerprint density at radius 3 is 2.47 bits per heavy atom. The van der Waals surface area contributed by atoms with Gasteiger partial charge in [-0.05, 0) is 54.1 Å². The summed E-state index contributed by atoms with van der Waals surface area (Å²) in [6, 6.07) is 18.1. The Morgan fingerprint density at radius 2 is 1.68 bits per heavy atom. The summed E-state index contributed by atoms with van der Waals surface area (Å²) in [4.78, 5) is 16.9. The number of anilines is 1. The molecule has 0 spiro atoms. The van der Waals surface area contributed by atoms with E-state index < -0.39 is 0 Å². The van der Waals surface area contributed by atoms with Crippen LogP contribution in [0.5, 0.6) is 34.5 Å². The summed E-state index contributed by atoms with van der Waals surface area (Å²) in [7, 11) is 3.17. The van der Waals surface area contributed by atoms with Crippen molar-refractivity contribution in [1.82, 2.24) is 4.98 Å². The number of ether oxygens (including phenoxy) is 5. The lowest BCUT2D eigenvalue weighted by atomic mass is 10.1. The van der Waals surface area contributed by atoms with Crippen LogP contribution in [0.1, 0.15) is 5.56 Å². The van der Waals surface area contributed by atoms with Gasteiger partial charge in [-0.3, -0.25) is 9.78 Å². The van der Waals surface area contributed by atoms with Gasteiger partial charge < -0.3 is 29.0 Å². The molecule has 0 saturated carbocycles. The lowest BCUT2D eigenvalue weighted by molar-refractivity contribution is -0.115. The van der Waals surface area contributed by atoms with Gasteiger partial charge in [-0.1, -0.05) is 6.07 Å². The number of nitrogens with one attached hydrogen (secondary N) is 1. The quantitative estimate of drug-likeness (QED) is 0.419. The van der Waals surface area contributed by atoms with Crippen molar-refractivity contribution in [2.45, 2.75) is 6.42 Å². The number of amides is 1. The minimum Gasteiger partial charge on any atom is -0.493 e. The lowest BCUT2D eigenvalue weighted by Gasteiger charge is -2.12. The molecule has 172 valence electrons. The Labute approximate surface area is 196 Å². The fraction of sp³-hybridized carbons (Fsp3) is 0.154. The summed E-state index contributed by atoms with van der Waals surface area (Å²) in [5.41, 5.74) is 2.24. The van der Waals surface area contributed by atoms with E-state index in [1.807, 2.05) is 24.3 Å². The van der Waals surface area contributed by atoms with Crippen molar-refractivity contribution >= 4 is 22.5 Å². The van der Waals surface area contributed by atoms with Crippen LogP contribution in [-0.2, 0) is 11.2 Å². The van der Waals surface area contributed by atoms with Gasteiger partial charge in [0.1, 0.15) is 11.5 Å². The molecule has 1 amide bonds. The van der Waals surface area contributed by atoms with Crippen molar-refractivity contribution < 1.29 is 28.5 Å². The molecule has 0 fully saturated rings. The van der Waals surface area contributed by atoms with Gasteiger partial charge in [0.15, 0.2) is 23.0 Å². The van der Waals surface area contributed by atoms with Gasteiger partial charge >= 0.3 is 0 Å². The first-order chi connectivity index (χ1) is 16.6. The van der Waals surface area contributed by atoms with Crippen LogP contribution < -0.4 is 29.0 Å². The zero-order chi connectivity index (χ0) is 23.5. The van der Waals surface area contributed by atoms with E-state index in [1.165, 1.54) is 0 Å². The molecule has 5 rings (SSSR count). The maximum Gasteiger partial charge on any atom is 0.231 e. The van der Waals surface area contributed by atoms with Crippen LogP contribution in [-0.4, -0.2) is 31.9 Å². The molecule has 3 aromatic carbocycles. The Morgan fingerprint density at radius 1 is 0.912 bits per heavy atom. The molecule has 1 aliphatic rings. The zero-order valence-electron chi connectivity index (χ0n) is 18.7. The maximum atomic E-state index is 12.5. The molecule has 2 heterocycles. The number of nitrogens with zero attached hydrogens (tertiary/aromatic N) is 1. The van der Waals surface area contributed by atoms with Crippen molar-refractivity contribution in [2.75, 3.05) is 26.3 Å². The molecule has 8 nitrogen and oxygen atoms in total. The number of carbonyl (C=O) groups excluding carboxylic acids is 1. The van der Waals surface area contributed by atoms with Gasteiger partial charge in [0, 0.05) is 23.3 Å². The number of carbonyl (C=O) groups is 1. The van der Waals surface area contributed by atoms with Crippen LogP contribution >= 0.6 is 0 Å². The van der Waals surface area contributed by atoms with Crippen molar-refractivity contribution in [2.24, 2.45) is 0 Å². The lowest BCUT2D eigenvalue weighted by Crippen LogP contribution is -2.14. The predicted octanol–water partition coefficient (Wildman–Crippen LogP) is 4.95. The Kier molecular flexibility index (Phi) is 5.78. The molecule has 0 aliphatic carbocycles. The molecule has 1 N–H and O–H groups in total. The third-order valence-electron chi connectivity index (χ3n) is 5.37. The van der Waals surface area contributed by atoms with E-state index in [1.54, 1.807) is 56.8 Å². The largest absolute Gasteiger partial charge is 0.493 e. The number of pyridine rings is 1. The Bertz CT molecular complexity index is 1350. The number of methoxy groups -OCH3 is 2. The summed E-state index contributed by atoms with van der Waals surface area (Å²) in [5, 5.41) is 3.69. The van der Waals surface area contributed by atoms with Gasteiger partial charge in [0.2, 0.25) is 12.7 Å². The van der Waals surface area contributed by atoms with Gasteiger partial charge in [-0.15, -0.1) is 0 Å². The van der Waals surface area contributed by atoms with Crippen molar-refractivity contribution in [3.05, 3.63) is 72.4 Å². The van der Waals surface area contributed by atoms with E-state index in [9.17, 15) is 4.79 Å². The van der Waals surface area contributed by atoms with E-state index in [0.29, 0.717) is 40.2 Å². The second-order valence-corrected chi connectivity index (χ2v) is 7.57. The van der Waals surface area contributed by atoms with Crippen molar-refractivity contribution in [3.8, 4) is 34.5 Å². The van der Waals surface area contributed by atoms with Crippen LogP contribution in [0.25, 0.3) is 10.9 Å². The normalized spacial score (nSPS) is 11.8. The summed E-state index contributed by atoms with van der Waals surface area (Å²) in [6.07, 6.45) is 1.90. The van der Waals surface area contributed by atoms with Crippen molar-refractivity contribution in [3.63, 3.8) is 0 Å². The Balaban J connectivity index is 1.27. The first-order valence-electron chi connectivity index (χ1n) is 10.6. The molecule has 1 aromatic heterocycles. The molecule has 0 radical (unpaired) electrons. The zero-order valence-corrected chi connectivity index (χ0v) is 18.7. The van der Waals surface area contributed by atoms with Gasteiger partial charge in [-0.2, -0.15) is 0 Å². The van der Waals surface area contributed by atoms with Gasteiger partial charge in [-0.25, -0.2) is 0 Å². The SMILES string of the molecule is COc1cc2nccc(Oc3ccc(NC(=O)Cc4ccc5c(c4)OCO5)cc3)c2cc1OC. The fourth-order valence-corrected chi connectivity index (χ4v) is 3.71. The first-order valence-corrected chi connectivity index (χ1v) is 10.6. The topological polar surface area (TPSA) is 88.1 Å². The molecule has 1 aliphatic heterocycles. The number of aromatic nitrogens is 1. The fourth-order valence-electron chi connectivity index (χ4n) is 3.71. The first kappa shape index (κ1) is 21.4. The summed E-state index contributed by atoms with van der Waals surface area (Å²) in [6.45, 7) is 0.205. The van der Waals surface area contributed by atoms with Crippen LogP contribution in [0.2, 0.25) is 0 Å². The highest BCUT2D eigenvalue weighted by Gasteiger charge is 2.15. The van der Waals surface area contributed by atoms with Gasteiger partial charge in [0.05, 0.1) is 26.2 Å². The summed E-state index contributed by atoms with van der Waals surface area (Å²) < 4.78 is 27.5. The number of hydrogen-bond donors (Lipinski definition) is 1. The smallest absolute Gasteiger partial charge is 0.231 e. The molecule has 0 saturated heterocycles. The molecule has 34 heavy (non-hydrogen) atoms. The molecule has 4 aromatic rings. The number of fused-ring (bicyclic) bond motifs is 2. The third kappa shape index (κ3) is 4.38. The minimum atomic E-state index is -0.131. The number of rotatable bonds is 7. The summed E-state index contributed by atoms with van der Waals surface area (Å²) >= 11 is 0. The molecule has 0 bridgehead atoms. The van der Waals surface area contributed by atoms with Crippen LogP contribution in [0.4, 0.5) is 5.69 Å². The second-order valence-electron chi connectivity index (χ2n) is 7.57. The van der Waals surface area contributed by atoms with Gasteiger partial charge in [0.25, 0.3) is 0 Å². The second kappa shape index (κ2) is 9.19. The Hall–Kier alpha value is -4.46. The molecule has 0 atom stereocenters.